The van der Waals surface area contributed by atoms with Crippen molar-refractivity contribution in [2.75, 3.05) is 45.2 Å². The molecule has 0 aromatic heterocycles. The highest BCUT2D eigenvalue weighted by Gasteiger charge is 2.23. The van der Waals surface area contributed by atoms with Crippen LogP contribution in [0.5, 0.6) is 0 Å². The smallest absolute Gasteiger partial charge is 0.0474 e. The number of rotatable bonds is 6. The van der Waals surface area contributed by atoms with Crippen molar-refractivity contribution < 1.29 is 0 Å². The van der Waals surface area contributed by atoms with Crippen molar-refractivity contribution in [2.24, 2.45) is 0 Å². The normalized spacial score (nSPS) is 16.0. The Morgan fingerprint density at radius 3 is 2.48 bits per heavy atom. The zero-order chi connectivity index (χ0) is 15.2. The van der Waals surface area contributed by atoms with E-state index in [1.165, 1.54) is 5.56 Å². The molecule has 0 bridgehead atoms. The molecule has 2 rings (SSSR count). The van der Waals surface area contributed by atoms with Crippen LogP contribution in [0.1, 0.15) is 24.4 Å². The van der Waals surface area contributed by atoms with Gasteiger partial charge in [0.25, 0.3) is 0 Å². The van der Waals surface area contributed by atoms with Crippen molar-refractivity contribution in [3.63, 3.8) is 0 Å². The number of hydrogen-bond donors (Lipinski definition) is 1. The third-order valence-electron chi connectivity index (χ3n) is 4.10. The second-order valence-corrected chi connectivity index (χ2v) is 6.18. The quantitative estimate of drug-likeness (QED) is 0.747. The topological polar surface area (TPSA) is 18.5 Å². The summed E-state index contributed by atoms with van der Waals surface area (Å²) < 4.78 is 0. The summed E-state index contributed by atoms with van der Waals surface area (Å²) >= 11 is 6.57. The number of hydrogen-bond acceptors (Lipinski definition) is 3. The Morgan fingerprint density at radius 1 is 1.30 bits per heavy atom. The van der Waals surface area contributed by atoms with Gasteiger partial charge in [-0.2, -0.15) is 0 Å². The van der Waals surface area contributed by atoms with Gasteiger partial charge in [0.1, 0.15) is 0 Å². The largest absolute Gasteiger partial charge is 0.378 e. The highest BCUT2D eigenvalue weighted by Crippen LogP contribution is 2.33. The highest BCUT2D eigenvalue weighted by molar-refractivity contribution is 6.31. The molecule has 1 aromatic rings. The number of allylic oxidation sites excluding steroid dienone is 1. The molecular formula is C17H28Cl3N3. The lowest BCUT2D eigenvalue weighted by atomic mass is 9.99. The summed E-state index contributed by atoms with van der Waals surface area (Å²) in [6, 6.07) is 6.80. The summed E-state index contributed by atoms with van der Waals surface area (Å²) in [4.78, 5) is 4.62. The van der Waals surface area contributed by atoms with Crippen LogP contribution in [0.25, 0.3) is 0 Å². The molecule has 0 unspecified atom stereocenters. The third kappa shape index (κ3) is 6.17. The first-order valence-corrected chi connectivity index (χ1v) is 8.03. The van der Waals surface area contributed by atoms with Crippen LogP contribution in [0.3, 0.4) is 0 Å². The van der Waals surface area contributed by atoms with E-state index in [4.69, 9.17) is 11.6 Å². The van der Waals surface area contributed by atoms with E-state index in [1.54, 1.807) is 0 Å². The molecular weight excluding hydrogens is 353 g/mol. The van der Waals surface area contributed by atoms with E-state index in [0.717, 1.165) is 49.7 Å². The number of anilines is 1. The molecule has 0 spiro atoms. The molecule has 1 heterocycles. The molecule has 0 radical (unpaired) electrons. The van der Waals surface area contributed by atoms with Gasteiger partial charge >= 0.3 is 0 Å². The maximum Gasteiger partial charge on any atom is 0.0474 e. The van der Waals surface area contributed by atoms with Gasteiger partial charge in [-0.05, 0) is 30.5 Å². The standard InChI is InChI=1S/C17H26ClN3.2ClH/c1-4-5-6-17(21-11-9-19-10-12-21)15-8-7-14(20(2)3)13-16(15)18;;/h4,7-8,13,17,19H,1,5-6,9-12H2,2-3H3;2*1H/t17-;;/m1../s1. The Hall–Kier alpha value is -0.450. The van der Waals surface area contributed by atoms with E-state index in [9.17, 15) is 0 Å². The van der Waals surface area contributed by atoms with Crippen LogP contribution in [0.2, 0.25) is 5.02 Å². The van der Waals surface area contributed by atoms with Crippen LogP contribution >= 0.6 is 36.4 Å². The van der Waals surface area contributed by atoms with Gasteiger partial charge in [0.15, 0.2) is 0 Å². The predicted octanol–water partition coefficient (Wildman–Crippen LogP) is 4.16. The molecule has 1 aliphatic rings. The van der Waals surface area contributed by atoms with Crippen molar-refractivity contribution in [3.05, 3.63) is 41.4 Å². The average Bonchev–Trinajstić information content (AvgIpc) is 2.50. The van der Waals surface area contributed by atoms with Crippen molar-refractivity contribution in [3.8, 4) is 0 Å². The van der Waals surface area contributed by atoms with Gasteiger partial charge in [-0.1, -0.05) is 23.7 Å². The van der Waals surface area contributed by atoms with Gasteiger partial charge in [-0.3, -0.25) is 4.90 Å². The molecule has 132 valence electrons. The molecule has 23 heavy (non-hydrogen) atoms. The minimum Gasteiger partial charge on any atom is -0.378 e. The number of nitrogens with one attached hydrogen (secondary N) is 1. The molecule has 6 heteroatoms. The van der Waals surface area contributed by atoms with Gasteiger partial charge in [-0.15, -0.1) is 31.4 Å². The third-order valence-corrected chi connectivity index (χ3v) is 4.42. The first-order valence-electron chi connectivity index (χ1n) is 7.66. The van der Waals surface area contributed by atoms with Crippen LogP contribution in [0.15, 0.2) is 30.9 Å². The van der Waals surface area contributed by atoms with Gasteiger partial charge in [0, 0.05) is 57.0 Å². The van der Waals surface area contributed by atoms with Crippen LogP contribution in [-0.4, -0.2) is 45.2 Å². The van der Waals surface area contributed by atoms with E-state index >= 15 is 0 Å². The molecule has 1 saturated heterocycles. The monoisotopic (exact) mass is 379 g/mol. The van der Waals surface area contributed by atoms with Gasteiger partial charge in [0.05, 0.1) is 0 Å². The lowest BCUT2D eigenvalue weighted by Gasteiger charge is -2.35. The molecule has 1 aliphatic heterocycles. The van der Waals surface area contributed by atoms with Gasteiger partial charge in [0.2, 0.25) is 0 Å². The molecule has 1 aromatic carbocycles. The fraction of sp³-hybridized carbons (Fsp3) is 0.529. The summed E-state index contributed by atoms with van der Waals surface area (Å²) in [5, 5.41) is 4.28. The summed E-state index contributed by atoms with van der Waals surface area (Å²) in [5.74, 6) is 0. The fourth-order valence-electron chi connectivity index (χ4n) is 2.87. The van der Waals surface area contributed by atoms with E-state index in [2.05, 4.69) is 39.9 Å². The SMILES string of the molecule is C=CCC[C@H](c1ccc(N(C)C)cc1Cl)N1CCNCC1.Cl.Cl. The van der Waals surface area contributed by atoms with E-state index < -0.39 is 0 Å². The Bertz CT molecular complexity index is 474. The van der Waals surface area contributed by atoms with Gasteiger partial charge in [-0.25, -0.2) is 0 Å². The first kappa shape index (κ1) is 22.6. The van der Waals surface area contributed by atoms with E-state index in [1.807, 2.05) is 20.2 Å². The second-order valence-electron chi connectivity index (χ2n) is 5.77. The van der Waals surface area contributed by atoms with Crippen LogP contribution in [0, 0.1) is 0 Å². The van der Waals surface area contributed by atoms with Crippen molar-refractivity contribution >= 4 is 42.1 Å². The first-order chi connectivity index (χ1) is 10.1. The summed E-state index contributed by atoms with van der Waals surface area (Å²) in [6.45, 7) is 8.12. The predicted molar refractivity (Wildman–Crippen MR) is 107 cm³/mol. The molecule has 0 aliphatic carbocycles. The maximum absolute atomic E-state index is 6.57. The summed E-state index contributed by atoms with van der Waals surface area (Å²) in [5.41, 5.74) is 2.39. The van der Waals surface area contributed by atoms with Crippen molar-refractivity contribution in [2.45, 2.75) is 18.9 Å². The second kappa shape index (κ2) is 11.2. The Morgan fingerprint density at radius 2 is 1.96 bits per heavy atom. The highest BCUT2D eigenvalue weighted by atomic mass is 35.5. The Labute approximate surface area is 157 Å². The van der Waals surface area contributed by atoms with Gasteiger partial charge < -0.3 is 10.2 Å². The minimum atomic E-state index is 0. The Balaban J connectivity index is 0.00000242. The fourth-order valence-corrected chi connectivity index (χ4v) is 3.17. The Kier molecular flexibility index (Phi) is 10.9. The number of nitrogens with zero attached hydrogens (tertiary/aromatic N) is 2. The summed E-state index contributed by atoms with van der Waals surface area (Å²) in [7, 11) is 4.08. The number of benzene rings is 1. The molecule has 0 amide bonds. The minimum absolute atomic E-state index is 0. The van der Waals surface area contributed by atoms with Crippen LogP contribution in [0.4, 0.5) is 5.69 Å². The molecule has 3 nitrogen and oxygen atoms in total. The summed E-state index contributed by atoms with van der Waals surface area (Å²) in [6.07, 6.45) is 4.09. The number of halogens is 3. The molecule has 1 atom stereocenters. The lowest BCUT2D eigenvalue weighted by Crippen LogP contribution is -2.45. The number of piperazine rings is 1. The molecule has 1 fully saturated rings. The maximum atomic E-state index is 6.57. The average molecular weight is 381 g/mol. The molecule has 0 saturated carbocycles. The van der Waals surface area contributed by atoms with Crippen LogP contribution in [-0.2, 0) is 0 Å². The van der Waals surface area contributed by atoms with Crippen LogP contribution < -0.4 is 10.2 Å². The zero-order valence-electron chi connectivity index (χ0n) is 13.9. The molecule has 1 N–H and O–H groups in total. The lowest BCUT2D eigenvalue weighted by molar-refractivity contribution is 0.166. The van der Waals surface area contributed by atoms with Crippen molar-refractivity contribution in [1.82, 2.24) is 10.2 Å². The zero-order valence-corrected chi connectivity index (χ0v) is 16.3. The van der Waals surface area contributed by atoms with Crippen molar-refractivity contribution in [1.29, 1.82) is 0 Å². The van der Waals surface area contributed by atoms with E-state index in [0.29, 0.717) is 6.04 Å². The van der Waals surface area contributed by atoms with E-state index in [-0.39, 0.29) is 24.8 Å².